The van der Waals surface area contributed by atoms with E-state index in [1.165, 1.54) is 0 Å². The normalized spacial score (nSPS) is 12.1. The summed E-state index contributed by atoms with van der Waals surface area (Å²) in [5, 5.41) is 2.77. The Balaban J connectivity index is 1.50. The zero-order valence-corrected chi connectivity index (χ0v) is 17.4. The lowest BCUT2D eigenvalue weighted by Gasteiger charge is -2.17. The fourth-order valence-corrected chi connectivity index (χ4v) is 3.63. The minimum absolute atomic E-state index is 0.355. The number of H-pyrrole nitrogens is 1. The van der Waals surface area contributed by atoms with Crippen molar-refractivity contribution in [2.45, 2.75) is 32.9 Å². The number of benzene rings is 1. The molecule has 0 spiro atoms. The molecule has 0 unspecified atom stereocenters. The molecule has 4 aromatic rings. The van der Waals surface area contributed by atoms with E-state index < -0.39 is 11.9 Å². The predicted octanol–water partition coefficient (Wildman–Crippen LogP) is 2.72. The van der Waals surface area contributed by atoms with Gasteiger partial charge in [-0.3, -0.25) is 14.6 Å². The Kier molecular flexibility index (Phi) is 5.53. The van der Waals surface area contributed by atoms with Crippen molar-refractivity contribution in [3.8, 4) is 11.4 Å². The average Bonchev–Trinajstić information content (AvgIpc) is 3.34. The number of imidazole rings is 1. The van der Waals surface area contributed by atoms with Gasteiger partial charge in [-0.2, -0.15) is 0 Å². The third-order valence-corrected chi connectivity index (χ3v) is 5.41. The Hall–Kier alpha value is -3.94. The monoisotopic (exact) mass is 416 g/mol. The summed E-state index contributed by atoms with van der Waals surface area (Å²) in [6.07, 6.45) is 3.81. The fraction of sp³-hybridized carbons (Fsp3) is 0.217. The highest BCUT2D eigenvalue weighted by molar-refractivity contribution is 5.99. The van der Waals surface area contributed by atoms with Gasteiger partial charge >= 0.3 is 0 Å². The predicted molar refractivity (Wildman–Crippen MR) is 118 cm³/mol. The summed E-state index contributed by atoms with van der Waals surface area (Å²) < 4.78 is 2.10. The molecule has 3 aromatic heterocycles. The number of carbonyl (C=O) groups excluding carboxylic acids is 2. The standard InChI is InChI=1S/C23H24N6O2/c1-14-3-4-15(2)29(14)12-9-19(21(24)30)28-23(31)17-5-6-18-20(13-17)27-22(26-18)16-7-10-25-11-8-16/h3-8,10-11,13,19H,9,12H2,1-2H3,(H2,24,30)(H,26,27)(H,28,31)/t19-/m0/s1. The van der Waals surface area contributed by atoms with Crippen molar-refractivity contribution in [2.24, 2.45) is 5.73 Å². The molecule has 4 rings (SSSR count). The van der Waals surface area contributed by atoms with E-state index in [1.54, 1.807) is 30.6 Å². The van der Waals surface area contributed by atoms with E-state index in [1.807, 2.05) is 38.1 Å². The SMILES string of the molecule is Cc1ccc(C)n1CC[C@H](NC(=O)c1ccc2nc(-c3ccncc3)[nH]c2c1)C(N)=O. The van der Waals surface area contributed by atoms with Crippen molar-refractivity contribution in [3.05, 3.63) is 71.8 Å². The number of rotatable bonds is 7. The summed E-state index contributed by atoms with van der Waals surface area (Å²) >= 11 is 0. The molecule has 1 atom stereocenters. The van der Waals surface area contributed by atoms with Crippen LogP contribution in [0, 0.1) is 13.8 Å². The van der Waals surface area contributed by atoms with Crippen LogP contribution < -0.4 is 11.1 Å². The number of carbonyl (C=O) groups is 2. The Morgan fingerprint density at radius 1 is 1.10 bits per heavy atom. The number of fused-ring (bicyclic) bond motifs is 1. The minimum Gasteiger partial charge on any atom is -0.368 e. The maximum Gasteiger partial charge on any atom is 0.252 e. The van der Waals surface area contributed by atoms with Gasteiger partial charge < -0.3 is 20.6 Å². The van der Waals surface area contributed by atoms with Crippen molar-refractivity contribution in [1.82, 2.24) is 24.8 Å². The van der Waals surface area contributed by atoms with Crippen molar-refractivity contribution >= 4 is 22.8 Å². The number of nitrogens with zero attached hydrogens (tertiary/aromatic N) is 3. The molecule has 4 N–H and O–H groups in total. The summed E-state index contributed by atoms with van der Waals surface area (Å²) in [6, 6.07) is 12.2. The highest BCUT2D eigenvalue weighted by Crippen LogP contribution is 2.21. The second kappa shape index (κ2) is 8.43. The van der Waals surface area contributed by atoms with Crippen LogP contribution in [0.15, 0.2) is 54.9 Å². The number of aromatic nitrogens is 4. The number of hydrogen-bond donors (Lipinski definition) is 3. The van der Waals surface area contributed by atoms with Gasteiger partial charge in [0.2, 0.25) is 5.91 Å². The number of hydrogen-bond acceptors (Lipinski definition) is 4. The number of amides is 2. The molecule has 8 nitrogen and oxygen atoms in total. The van der Waals surface area contributed by atoms with Crippen LogP contribution in [0.3, 0.4) is 0 Å². The number of nitrogens with two attached hydrogens (primary N) is 1. The summed E-state index contributed by atoms with van der Waals surface area (Å²) in [5.41, 5.74) is 10.6. The molecule has 0 bridgehead atoms. The van der Waals surface area contributed by atoms with E-state index in [9.17, 15) is 9.59 Å². The van der Waals surface area contributed by atoms with Gasteiger partial charge in [-0.25, -0.2) is 4.98 Å². The van der Waals surface area contributed by atoms with E-state index in [2.05, 4.69) is 24.8 Å². The van der Waals surface area contributed by atoms with E-state index >= 15 is 0 Å². The maximum absolute atomic E-state index is 12.8. The van der Waals surface area contributed by atoms with Gasteiger partial charge in [0.25, 0.3) is 5.91 Å². The van der Waals surface area contributed by atoms with Crippen molar-refractivity contribution < 1.29 is 9.59 Å². The molecule has 158 valence electrons. The zero-order chi connectivity index (χ0) is 22.0. The van der Waals surface area contributed by atoms with Crippen LogP contribution >= 0.6 is 0 Å². The molecule has 1 aromatic carbocycles. The lowest BCUT2D eigenvalue weighted by atomic mass is 10.1. The highest BCUT2D eigenvalue weighted by Gasteiger charge is 2.20. The Morgan fingerprint density at radius 3 is 2.48 bits per heavy atom. The van der Waals surface area contributed by atoms with Gasteiger partial charge in [0.1, 0.15) is 11.9 Å². The van der Waals surface area contributed by atoms with Gasteiger partial charge in [-0.15, -0.1) is 0 Å². The number of pyridine rings is 1. The van der Waals surface area contributed by atoms with Crippen LogP contribution in [0.1, 0.15) is 28.2 Å². The number of primary amides is 1. The number of aromatic amines is 1. The quantitative estimate of drug-likeness (QED) is 0.429. The van der Waals surface area contributed by atoms with Gasteiger partial charge in [0.05, 0.1) is 11.0 Å². The second-order valence-electron chi connectivity index (χ2n) is 7.54. The number of nitrogens with one attached hydrogen (secondary N) is 2. The first kappa shape index (κ1) is 20.3. The summed E-state index contributed by atoms with van der Waals surface area (Å²) in [6.45, 7) is 4.60. The molecule has 0 saturated carbocycles. The van der Waals surface area contributed by atoms with Crippen LogP contribution in [0.5, 0.6) is 0 Å². The van der Waals surface area contributed by atoms with E-state index in [0.29, 0.717) is 24.4 Å². The number of aryl methyl sites for hydroxylation is 2. The Bertz CT molecular complexity index is 1220. The second-order valence-corrected chi connectivity index (χ2v) is 7.54. The smallest absolute Gasteiger partial charge is 0.252 e. The highest BCUT2D eigenvalue weighted by atomic mass is 16.2. The molecular weight excluding hydrogens is 392 g/mol. The van der Waals surface area contributed by atoms with Gasteiger partial charge in [-0.05, 0) is 62.7 Å². The molecule has 0 saturated heterocycles. The summed E-state index contributed by atoms with van der Waals surface area (Å²) in [5.74, 6) is -0.215. The molecule has 0 radical (unpaired) electrons. The topological polar surface area (TPSA) is 119 Å². The van der Waals surface area contributed by atoms with Crippen LogP contribution in [0.4, 0.5) is 0 Å². The van der Waals surface area contributed by atoms with Gasteiger partial charge in [-0.1, -0.05) is 0 Å². The molecule has 31 heavy (non-hydrogen) atoms. The zero-order valence-electron chi connectivity index (χ0n) is 17.4. The lowest BCUT2D eigenvalue weighted by molar-refractivity contribution is -0.120. The largest absolute Gasteiger partial charge is 0.368 e. The van der Waals surface area contributed by atoms with Gasteiger partial charge in [0.15, 0.2) is 0 Å². The first-order valence-corrected chi connectivity index (χ1v) is 10.1. The van der Waals surface area contributed by atoms with Crippen molar-refractivity contribution in [3.63, 3.8) is 0 Å². The molecule has 0 aliphatic heterocycles. The molecular formula is C23H24N6O2. The molecule has 8 heteroatoms. The van der Waals surface area contributed by atoms with E-state index in [4.69, 9.17) is 5.73 Å². The van der Waals surface area contributed by atoms with Crippen molar-refractivity contribution in [1.29, 1.82) is 0 Å². The fourth-order valence-electron chi connectivity index (χ4n) is 3.63. The Labute approximate surface area is 179 Å². The average molecular weight is 416 g/mol. The third kappa shape index (κ3) is 4.32. The molecule has 0 fully saturated rings. The van der Waals surface area contributed by atoms with Crippen LogP contribution in [0.25, 0.3) is 22.4 Å². The van der Waals surface area contributed by atoms with Gasteiger partial charge in [0, 0.05) is 41.5 Å². The van der Waals surface area contributed by atoms with Crippen LogP contribution in [-0.4, -0.2) is 37.4 Å². The van der Waals surface area contributed by atoms with Crippen LogP contribution in [0.2, 0.25) is 0 Å². The lowest BCUT2D eigenvalue weighted by Crippen LogP contribution is -2.45. The first-order chi connectivity index (χ1) is 14.9. The van der Waals surface area contributed by atoms with Crippen molar-refractivity contribution in [2.75, 3.05) is 0 Å². The molecule has 0 aliphatic carbocycles. The maximum atomic E-state index is 12.8. The minimum atomic E-state index is -0.765. The van der Waals surface area contributed by atoms with E-state index in [-0.39, 0.29) is 5.91 Å². The molecule has 0 aliphatic rings. The summed E-state index contributed by atoms with van der Waals surface area (Å²) in [4.78, 5) is 36.5. The van der Waals surface area contributed by atoms with E-state index in [0.717, 1.165) is 28.0 Å². The molecule has 2 amide bonds. The van der Waals surface area contributed by atoms with Crippen LogP contribution in [-0.2, 0) is 11.3 Å². The molecule has 3 heterocycles. The summed E-state index contributed by atoms with van der Waals surface area (Å²) in [7, 11) is 0. The first-order valence-electron chi connectivity index (χ1n) is 10.1. The third-order valence-electron chi connectivity index (χ3n) is 5.41. The Morgan fingerprint density at radius 2 is 1.81 bits per heavy atom.